The Kier molecular flexibility index (Phi) is 5.86. The Balaban J connectivity index is 2.67. The lowest BCUT2D eigenvalue weighted by Crippen LogP contribution is -2.10. The standard InChI is InChI=1S/C12H15BrIN/c1-2-3-4-5-12(15)10-8-9(14)6-7-11(10)13/h2,6-8,12H,1,3-5,15H2. The molecule has 0 heterocycles. The SMILES string of the molecule is C=CCCCC(N)c1cc(I)ccc1Br. The van der Waals surface area contributed by atoms with E-state index in [1.54, 1.807) is 0 Å². The van der Waals surface area contributed by atoms with E-state index in [9.17, 15) is 0 Å². The number of nitrogens with two attached hydrogens (primary N) is 1. The molecule has 0 aliphatic heterocycles. The van der Waals surface area contributed by atoms with Crippen LogP contribution in [-0.4, -0.2) is 0 Å². The van der Waals surface area contributed by atoms with Crippen LogP contribution < -0.4 is 5.73 Å². The summed E-state index contributed by atoms with van der Waals surface area (Å²) in [6.45, 7) is 3.71. The van der Waals surface area contributed by atoms with E-state index in [0.717, 1.165) is 23.7 Å². The average molecular weight is 380 g/mol. The summed E-state index contributed by atoms with van der Waals surface area (Å²) in [5.41, 5.74) is 7.34. The lowest BCUT2D eigenvalue weighted by atomic mass is 10.0. The summed E-state index contributed by atoms with van der Waals surface area (Å²) in [5, 5.41) is 0. The maximum Gasteiger partial charge on any atom is 0.0306 e. The molecule has 2 N–H and O–H groups in total. The first-order valence-electron chi connectivity index (χ1n) is 4.96. The predicted octanol–water partition coefficient (Wildman–Crippen LogP) is 4.41. The number of rotatable bonds is 5. The van der Waals surface area contributed by atoms with Gasteiger partial charge >= 0.3 is 0 Å². The van der Waals surface area contributed by atoms with Crippen molar-refractivity contribution in [3.05, 3.63) is 44.5 Å². The molecule has 0 aromatic heterocycles. The molecule has 0 bridgehead atoms. The van der Waals surface area contributed by atoms with E-state index in [1.165, 1.54) is 9.13 Å². The summed E-state index contributed by atoms with van der Waals surface area (Å²) in [6, 6.07) is 6.40. The van der Waals surface area contributed by atoms with Crippen LogP contribution in [0.1, 0.15) is 30.9 Å². The molecule has 15 heavy (non-hydrogen) atoms. The van der Waals surface area contributed by atoms with Gasteiger partial charge < -0.3 is 5.73 Å². The molecule has 1 nitrogen and oxygen atoms in total. The summed E-state index contributed by atoms with van der Waals surface area (Å²) < 4.78 is 2.33. The topological polar surface area (TPSA) is 26.0 Å². The van der Waals surface area contributed by atoms with Crippen molar-refractivity contribution in [2.75, 3.05) is 0 Å². The zero-order valence-electron chi connectivity index (χ0n) is 8.55. The van der Waals surface area contributed by atoms with E-state index in [0.29, 0.717) is 0 Å². The van der Waals surface area contributed by atoms with Gasteiger partial charge in [-0.1, -0.05) is 22.0 Å². The van der Waals surface area contributed by atoms with Crippen LogP contribution in [0.15, 0.2) is 35.3 Å². The molecule has 1 rings (SSSR count). The fraction of sp³-hybridized carbons (Fsp3) is 0.333. The van der Waals surface area contributed by atoms with Crippen LogP contribution in [0.25, 0.3) is 0 Å². The zero-order valence-corrected chi connectivity index (χ0v) is 12.3. The number of benzene rings is 1. The third kappa shape index (κ3) is 4.25. The first-order chi connectivity index (χ1) is 7.15. The van der Waals surface area contributed by atoms with Crippen molar-refractivity contribution in [2.45, 2.75) is 25.3 Å². The van der Waals surface area contributed by atoms with Crippen molar-refractivity contribution in [1.29, 1.82) is 0 Å². The smallest absolute Gasteiger partial charge is 0.0306 e. The van der Waals surface area contributed by atoms with E-state index in [1.807, 2.05) is 6.08 Å². The Morgan fingerprint density at radius 2 is 2.27 bits per heavy atom. The summed E-state index contributed by atoms with van der Waals surface area (Å²) in [7, 11) is 0. The van der Waals surface area contributed by atoms with E-state index in [4.69, 9.17) is 5.73 Å². The molecular formula is C12H15BrIN. The normalized spacial score (nSPS) is 12.5. The molecule has 1 aromatic carbocycles. The van der Waals surface area contributed by atoms with Crippen molar-refractivity contribution in [3.8, 4) is 0 Å². The van der Waals surface area contributed by atoms with Crippen LogP contribution in [0, 0.1) is 3.57 Å². The minimum absolute atomic E-state index is 0.119. The van der Waals surface area contributed by atoms with Gasteiger partial charge in [-0.25, -0.2) is 0 Å². The van der Waals surface area contributed by atoms with Gasteiger partial charge in [0, 0.05) is 14.1 Å². The maximum absolute atomic E-state index is 6.14. The molecule has 0 radical (unpaired) electrons. The second kappa shape index (κ2) is 6.66. The molecule has 1 unspecified atom stereocenters. The average Bonchev–Trinajstić information content (AvgIpc) is 2.22. The van der Waals surface area contributed by atoms with Gasteiger partial charge in [0.05, 0.1) is 0 Å². The highest BCUT2D eigenvalue weighted by molar-refractivity contribution is 14.1. The molecule has 0 saturated carbocycles. The van der Waals surface area contributed by atoms with Crippen LogP contribution in [-0.2, 0) is 0 Å². The van der Waals surface area contributed by atoms with Crippen molar-refractivity contribution >= 4 is 38.5 Å². The highest BCUT2D eigenvalue weighted by Crippen LogP contribution is 2.26. The highest BCUT2D eigenvalue weighted by Gasteiger charge is 2.09. The summed E-state index contributed by atoms with van der Waals surface area (Å²) in [6.07, 6.45) is 5.08. The van der Waals surface area contributed by atoms with E-state index >= 15 is 0 Å². The third-order valence-corrected chi connectivity index (χ3v) is 3.67. The molecular weight excluding hydrogens is 365 g/mol. The van der Waals surface area contributed by atoms with Gasteiger partial charge in [-0.3, -0.25) is 0 Å². The van der Waals surface area contributed by atoms with Gasteiger partial charge in [0.2, 0.25) is 0 Å². The number of hydrogen-bond acceptors (Lipinski definition) is 1. The van der Waals surface area contributed by atoms with E-state index in [-0.39, 0.29) is 6.04 Å². The molecule has 0 saturated heterocycles. The van der Waals surface area contributed by atoms with Crippen LogP contribution in [0.4, 0.5) is 0 Å². The van der Waals surface area contributed by atoms with E-state index in [2.05, 4.69) is 63.3 Å². The van der Waals surface area contributed by atoms with Crippen LogP contribution in [0.2, 0.25) is 0 Å². The Bertz CT molecular complexity index is 338. The maximum atomic E-state index is 6.14. The van der Waals surface area contributed by atoms with Gasteiger partial charge in [0.15, 0.2) is 0 Å². The molecule has 3 heteroatoms. The Labute approximate surface area is 113 Å². The van der Waals surface area contributed by atoms with Gasteiger partial charge in [-0.15, -0.1) is 6.58 Å². The van der Waals surface area contributed by atoms with Crippen molar-refractivity contribution in [1.82, 2.24) is 0 Å². The largest absolute Gasteiger partial charge is 0.324 e. The Morgan fingerprint density at radius 1 is 1.53 bits per heavy atom. The minimum atomic E-state index is 0.119. The quantitative estimate of drug-likeness (QED) is 0.457. The van der Waals surface area contributed by atoms with Gasteiger partial charge in [0.1, 0.15) is 0 Å². The molecule has 82 valence electrons. The van der Waals surface area contributed by atoms with Crippen LogP contribution in [0.3, 0.4) is 0 Å². The molecule has 0 amide bonds. The molecule has 0 fully saturated rings. The first kappa shape index (κ1) is 13.2. The van der Waals surface area contributed by atoms with Crippen LogP contribution >= 0.6 is 38.5 Å². The van der Waals surface area contributed by atoms with Gasteiger partial charge in [-0.2, -0.15) is 0 Å². The van der Waals surface area contributed by atoms with Gasteiger partial charge in [-0.05, 0) is 65.6 Å². The Morgan fingerprint density at radius 3 is 2.93 bits per heavy atom. The monoisotopic (exact) mass is 379 g/mol. The number of hydrogen-bond donors (Lipinski definition) is 1. The predicted molar refractivity (Wildman–Crippen MR) is 77.8 cm³/mol. The highest BCUT2D eigenvalue weighted by atomic mass is 127. The van der Waals surface area contributed by atoms with E-state index < -0.39 is 0 Å². The molecule has 0 aliphatic rings. The summed E-state index contributed by atoms with van der Waals surface area (Å²) in [5.74, 6) is 0. The molecule has 0 aliphatic carbocycles. The summed E-state index contributed by atoms with van der Waals surface area (Å²) >= 11 is 5.84. The van der Waals surface area contributed by atoms with Crippen molar-refractivity contribution in [3.63, 3.8) is 0 Å². The third-order valence-electron chi connectivity index (χ3n) is 2.28. The zero-order chi connectivity index (χ0) is 11.3. The van der Waals surface area contributed by atoms with Crippen molar-refractivity contribution in [2.24, 2.45) is 5.73 Å². The first-order valence-corrected chi connectivity index (χ1v) is 6.83. The molecule has 1 aromatic rings. The van der Waals surface area contributed by atoms with Gasteiger partial charge in [0.25, 0.3) is 0 Å². The Hall–Kier alpha value is 0.130. The van der Waals surface area contributed by atoms with Crippen LogP contribution in [0.5, 0.6) is 0 Å². The molecule has 0 spiro atoms. The second-order valence-corrected chi connectivity index (χ2v) is 5.59. The molecule has 1 atom stereocenters. The number of unbranched alkanes of at least 4 members (excludes halogenated alkanes) is 1. The lowest BCUT2D eigenvalue weighted by molar-refractivity contribution is 0.615. The van der Waals surface area contributed by atoms with Crippen molar-refractivity contribution < 1.29 is 0 Å². The number of halogens is 2. The fourth-order valence-electron chi connectivity index (χ4n) is 1.44. The lowest BCUT2D eigenvalue weighted by Gasteiger charge is -2.13. The second-order valence-electron chi connectivity index (χ2n) is 3.49. The number of allylic oxidation sites excluding steroid dienone is 1. The summed E-state index contributed by atoms with van der Waals surface area (Å²) in [4.78, 5) is 0. The fourth-order valence-corrected chi connectivity index (χ4v) is 2.49. The minimum Gasteiger partial charge on any atom is -0.324 e.